The summed E-state index contributed by atoms with van der Waals surface area (Å²) in [4.78, 5) is 12.0. The largest absolute Gasteiger partial charge is 0.395 e. The number of benzene rings is 2. The van der Waals surface area contributed by atoms with Gasteiger partial charge in [-0.1, -0.05) is 18.2 Å². The number of aliphatic hydroxyl groups excluding tert-OH is 1. The minimum atomic E-state index is -3.76. The predicted octanol–water partition coefficient (Wildman–Crippen LogP) is 3.36. The van der Waals surface area contributed by atoms with Gasteiger partial charge in [-0.3, -0.25) is 0 Å². The number of sulfone groups is 1. The van der Waals surface area contributed by atoms with Gasteiger partial charge in [0, 0.05) is 30.4 Å². The summed E-state index contributed by atoms with van der Waals surface area (Å²) in [5.74, 6) is 1.09. The van der Waals surface area contributed by atoms with Crippen molar-refractivity contribution in [3.8, 4) is 11.4 Å². The molecule has 1 aliphatic heterocycles. The number of nitrogens with zero attached hydrogens (tertiary/aromatic N) is 3. The minimum absolute atomic E-state index is 0.0190. The number of rotatable bonds is 8. The highest BCUT2D eigenvalue weighted by atomic mass is 32.2. The first-order chi connectivity index (χ1) is 18.1. The number of hydrogen-bond acceptors (Lipinski definition) is 8. The van der Waals surface area contributed by atoms with Gasteiger partial charge in [-0.15, -0.1) is 0 Å². The molecule has 3 N–H and O–H groups in total. The zero-order chi connectivity index (χ0) is 27.3. The van der Waals surface area contributed by atoms with Crippen molar-refractivity contribution in [2.45, 2.75) is 36.5 Å². The molecular weight excluding hydrogens is 522 g/mol. The molecule has 1 aliphatic rings. The number of hydrogen-bond donors (Lipinski definition) is 3. The summed E-state index contributed by atoms with van der Waals surface area (Å²) >= 11 is 5.23. The molecule has 0 aliphatic carbocycles. The Kier molecular flexibility index (Phi) is 8.61. The van der Waals surface area contributed by atoms with Gasteiger partial charge in [0.2, 0.25) is 0 Å². The van der Waals surface area contributed by atoms with Crippen LogP contribution in [0.4, 0.5) is 11.5 Å². The van der Waals surface area contributed by atoms with E-state index in [0.29, 0.717) is 48.8 Å². The lowest BCUT2D eigenvalue weighted by Gasteiger charge is -2.35. The number of anilines is 2. The lowest BCUT2D eigenvalue weighted by molar-refractivity contribution is 0.0985. The first kappa shape index (κ1) is 27.9. The van der Waals surface area contributed by atoms with E-state index in [1.807, 2.05) is 24.3 Å². The Morgan fingerprint density at radius 3 is 2.53 bits per heavy atom. The van der Waals surface area contributed by atoms with E-state index in [-0.39, 0.29) is 17.5 Å². The van der Waals surface area contributed by atoms with Crippen LogP contribution < -0.4 is 15.5 Å². The molecule has 11 heteroatoms. The van der Waals surface area contributed by atoms with Gasteiger partial charge in [-0.2, -0.15) is 0 Å². The van der Waals surface area contributed by atoms with Gasteiger partial charge >= 0.3 is 0 Å². The average molecular weight is 556 g/mol. The molecule has 1 fully saturated rings. The molecule has 0 spiro atoms. The standard InChI is InChI=1S/C27H33N5O4S2/c1-19-18-36-16-14-32(19)24-17-23(27(2,3)38(34,35)22-7-5-4-6-8-22)30-25(31-24)20-9-11-21(12-10-20)29-26(37)28-13-15-33/h4-12,17,19,33H,13-16,18H2,1-3H3,(H2,28,29,37)/t19-/m0/s1. The number of aromatic nitrogens is 2. The normalized spacial score (nSPS) is 16.2. The number of ether oxygens (including phenoxy) is 1. The third kappa shape index (κ3) is 5.96. The Bertz CT molecular complexity index is 1370. The van der Waals surface area contributed by atoms with Crippen LogP contribution in [0, 0.1) is 0 Å². The van der Waals surface area contributed by atoms with E-state index < -0.39 is 14.6 Å². The Morgan fingerprint density at radius 2 is 1.87 bits per heavy atom. The Hall–Kier alpha value is -3.12. The molecule has 0 radical (unpaired) electrons. The zero-order valence-electron chi connectivity index (χ0n) is 21.7. The lowest BCUT2D eigenvalue weighted by Crippen LogP contribution is -2.44. The van der Waals surface area contributed by atoms with E-state index >= 15 is 0 Å². The Morgan fingerprint density at radius 1 is 1.16 bits per heavy atom. The van der Waals surface area contributed by atoms with Gasteiger partial charge < -0.3 is 25.4 Å². The highest BCUT2D eigenvalue weighted by molar-refractivity contribution is 7.92. The van der Waals surface area contributed by atoms with Crippen molar-refractivity contribution >= 4 is 38.7 Å². The smallest absolute Gasteiger partial charge is 0.189 e. The van der Waals surface area contributed by atoms with E-state index in [2.05, 4.69) is 22.5 Å². The molecule has 1 saturated heterocycles. The molecule has 0 unspecified atom stereocenters. The summed E-state index contributed by atoms with van der Waals surface area (Å²) in [7, 11) is -3.76. The first-order valence-corrected chi connectivity index (χ1v) is 14.3. The number of aliphatic hydroxyl groups is 1. The van der Waals surface area contributed by atoms with Crippen molar-refractivity contribution < 1.29 is 18.3 Å². The van der Waals surface area contributed by atoms with Crippen LogP contribution in [0.15, 0.2) is 65.6 Å². The molecule has 4 rings (SSSR count). The molecule has 9 nitrogen and oxygen atoms in total. The summed E-state index contributed by atoms with van der Waals surface area (Å²) in [6, 6.07) is 17.7. The van der Waals surface area contributed by atoms with E-state index in [1.54, 1.807) is 50.2 Å². The number of nitrogens with one attached hydrogen (secondary N) is 2. The van der Waals surface area contributed by atoms with E-state index in [0.717, 1.165) is 11.3 Å². The maximum Gasteiger partial charge on any atom is 0.189 e. The maximum absolute atomic E-state index is 13.7. The predicted molar refractivity (Wildman–Crippen MR) is 153 cm³/mol. The molecule has 202 valence electrons. The summed E-state index contributed by atoms with van der Waals surface area (Å²) in [5.41, 5.74) is 1.91. The topological polar surface area (TPSA) is 117 Å². The van der Waals surface area contributed by atoms with Crippen molar-refractivity contribution in [1.29, 1.82) is 0 Å². The maximum atomic E-state index is 13.7. The van der Waals surface area contributed by atoms with E-state index in [4.69, 9.17) is 32.0 Å². The molecule has 1 aromatic heterocycles. The van der Waals surface area contributed by atoms with Crippen LogP contribution in [0.25, 0.3) is 11.4 Å². The van der Waals surface area contributed by atoms with Crippen LogP contribution in [0.5, 0.6) is 0 Å². The van der Waals surface area contributed by atoms with Gasteiger partial charge in [0.1, 0.15) is 10.6 Å². The lowest BCUT2D eigenvalue weighted by atomic mass is 10.1. The second-order valence-electron chi connectivity index (χ2n) is 9.56. The molecule has 3 aromatic rings. The fourth-order valence-electron chi connectivity index (χ4n) is 4.17. The summed E-state index contributed by atoms with van der Waals surface area (Å²) < 4.78 is 31.8. The summed E-state index contributed by atoms with van der Waals surface area (Å²) in [6.07, 6.45) is 0. The average Bonchev–Trinajstić information content (AvgIpc) is 2.92. The monoisotopic (exact) mass is 555 g/mol. The van der Waals surface area contributed by atoms with Gasteiger partial charge in [0.15, 0.2) is 20.8 Å². The third-order valence-electron chi connectivity index (χ3n) is 6.52. The fraction of sp³-hybridized carbons (Fsp3) is 0.370. The summed E-state index contributed by atoms with van der Waals surface area (Å²) in [6.45, 7) is 7.53. The van der Waals surface area contributed by atoms with Gasteiger partial charge in [-0.25, -0.2) is 18.4 Å². The third-order valence-corrected chi connectivity index (χ3v) is 9.21. The van der Waals surface area contributed by atoms with Crippen molar-refractivity contribution in [2.24, 2.45) is 0 Å². The Balaban J connectivity index is 1.75. The van der Waals surface area contributed by atoms with Crippen LogP contribution in [-0.4, -0.2) is 67.6 Å². The minimum Gasteiger partial charge on any atom is -0.395 e. The van der Waals surface area contributed by atoms with Crippen LogP contribution in [0.2, 0.25) is 0 Å². The molecular formula is C27H33N5O4S2. The highest BCUT2D eigenvalue weighted by Crippen LogP contribution is 2.36. The van der Waals surface area contributed by atoms with Gasteiger partial charge in [-0.05, 0) is 69.4 Å². The van der Waals surface area contributed by atoms with Crippen molar-refractivity contribution in [3.63, 3.8) is 0 Å². The first-order valence-electron chi connectivity index (χ1n) is 12.4. The molecule has 2 aromatic carbocycles. The van der Waals surface area contributed by atoms with E-state index in [1.165, 1.54) is 0 Å². The second-order valence-corrected chi connectivity index (χ2v) is 12.5. The van der Waals surface area contributed by atoms with Crippen LogP contribution >= 0.6 is 12.2 Å². The quantitative estimate of drug-likeness (QED) is 0.357. The Labute approximate surface area is 229 Å². The van der Waals surface area contributed by atoms with Crippen molar-refractivity contribution in [1.82, 2.24) is 15.3 Å². The number of thiocarbonyl (C=S) groups is 1. The molecule has 0 saturated carbocycles. The SMILES string of the molecule is C[C@H]1COCCN1c1cc(C(C)(C)S(=O)(=O)c2ccccc2)nc(-c2ccc(NC(=S)NCCO)cc2)n1. The number of morpholine rings is 1. The second kappa shape index (κ2) is 11.7. The van der Waals surface area contributed by atoms with Crippen LogP contribution in [0.3, 0.4) is 0 Å². The van der Waals surface area contributed by atoms with Crippen molar-refractivity contribution in [3.05, 3.63) is 66.4 Å². The zero-order valence-corrected chi connectivity index (χ0v) is 23.3. The van der Waals surface area contributed by atoms with Crippen molar-refractivity contribution in [2.75, 3.05) is 43.1 Å². The molecule has 1 atom stereocenters. The fourth-order valence-corrected chi connectivity index (χ4v) is 5.87. The molecule has 38 heavy (non-hydrogen) atoms. The van der Waals surface area contributed by atoms with Crippen LogP contribution in [0.1, 0.15) is 26.5 Å². The summed E-state index contributed by atoms with van der Waals surface area (Å²) in [5, 5.41) is 15.3. The highest BCUT2D eigenvalue weighted by Gasteiger charge is 2.40. The molecule has 2 heterocycles. The van der Waals surface area contributed by atoms with Crippen LogP contribution in [-0.2, 0) is 19.3 Å². The molecule has 0 bridgehead atoms. The molecule has 0 amide bonds. The van der Waals surface area contributed by atoms with Gasteiger partial charge in [0.05, 0.1) is 36.5 Å². The van der Waals surface area contributed by atoms with E-state index in [9.17, 15) is 8.42 Å². The van der Waals surface area contributed by atoms with Gasteiger partial charge in [0.25, 0.3) is 0 Å².